The summed E-state index contributed by atoms with van der Waals surface area (Å²) in [5.41, 5.74) is -0.378. The third-order valence-electron chi connectivity index (χ3n) is 3.63. The second kappa shape index (κ2) is 8.07. The zero-order valence-electron chi connectivity index (χ0n) is 15.2. The van der Waals surface area contributed by atoms with Gasteiger partial charge in [0.1, 0.15) is 17.9 Å². The van der Waals surface area contributed by atoms with Gasteiger partial charge in [0.15, 0.2) is 6.61 Å². The Balaban J connectivity index is 2.02. The van der Waals surface area contributed by atoms with Crippen molar-refractivity contribution in [3.05, 3.63) is 24.3 Å². The molecular weight excluding hydrogens is 340 g/mol. The normalized spacial score (nSPS) is 13.6. The molecule has 0 spiro atoms. The second-order valence-corrected chi connectivity index (χ2v) is 6.98. The number of aliphatic carboxylic acids is 1. The molecule has 1 saturated heterocycles. The molecule has 0 unspecified atom stereocenters. The topological polar surface area (TPSA) is 96.4 Å². The summed E-state index contributed by atoms with van der Waals surface area (Å²) < 4.78 is 10.7. The van der Waals surface area contributed by atoms with Gasteiger partial charge in [-0.2, -0.15) is 0 Å². The molecule has 1 aliphatic heterocycles. The average Bonchev–Trinajstić information content (AvgIpc) is 2.47. The van der Waals surface area contributed by atoms with Crippen LogP contribution in [0.5, 0.6) is 5.75 Å². The summed E-state index contributed by atoms with van der Waals surface area (Å²) in [6.45, 7) is 6.07. The fourth-order valence-electron chi connectivity index (χ4n) is 2.24. The molecule has 1 heterocycles. The first-order chi connectivity index (χ1) is 12.2. The van der Waals surface area contributed by atoms with E-state index in [0.717, 1.165) is 24.4 Å². The first-order valence-corrected chi connectivity index (χ1v) is 8.39. The van der Waals surface area contributed by atoms with Gasteiger partial charge in [-0.05, 0) is 51.5 Å². The number of carbonyl (C=O) groups excluding carboxylic acids is 2. The van der Waals surface area contributed by atoms with Crippen LogP contribution in [0.1, 0.15) is 27.2 Å². The Bertz CT molecular complexity index is 661. The van der Waals surface area contributed by atoms with E-state index < -0.39 is 24.2 Å². The van der Waals surface area contributed by atoms with E-state index in [4.69, 9.17) is 14.6 Å². The number of hydrogen-bond donors (Lipinski definition) is 1. The van der Waals surface area contributed by atoms with E-state index in [0.29, 0.717) is 11.4 Å². The largest absolute Gasteiger partial charge is 0.484 e. The Morgan fingerprint density at radius 2 is 1.77 bits per heavy atom. The number of benzene rings is 1. The van der Waals surface area contributed by atoms with Crippen molar-refractivity contribution in [2.45, 2.75) is 32.8 Å². The number of carboxylic acid groups (broad SMARTS) is 1. The molecule has 1 aliphatic rings. The zero-order chi connectivity index (χ0) is 19.3. The number of amides is 2. The van der Waals surface area contributed by atoms with Crippen molar-refractivity contribution in [2.24, 2.45) is 0 Å². The van der Waals surface area contributed by atoms with Crippen LogP contribution in [0.25, 0.3) is 0 Å². The summed E-state index contributed by atoms with van der Waals surface area (Å²) in [7, 11) is 0. The lowest BCUT2D eigenvalue weighted by molar-refractivity contribution is -0.137. The molecule has 8 nitrogen and oxygen atoms in total. The van der Waals surface area contributed by atoms with Crippen LogP contribution >= 0.6 is 0 Å². The summed E-state index contributed by atoms with van der Waals surface area (Å²) in [6, 6.07) is 6.27. The van der Waals surface area contributed by atoms with E-state index in [2.05, 4.69) is 0 Å². The molecule has 0 aromatic heterocycles. The van der Waals surface area contributed by atoms with Crippen molar-refractivity contribution in [3.63, 3.8) is 0 Å². The summed E-state index contributed by atoms with van der Waals surface area (Å²) in [5, 5.41) is 9.06. The number of anilines is 1. The maximum Gasteiger partial charge on any atom is 0.415 e. The molecule has 0 bridgehead atoms. The second-order valence-electron chi connectivity index (χ2n) is 6.98. The van der Waals surface area contributed by atoms with Crippen molar-refractivity contribution in [1.82, 2.24) is 4.90 Å². The maximum atomic E-state index is 12.3. The quantitative estimate of drug-likeness (QED) is 0.831. The number of nitrogens with zero attached hydrogens (tertiary/aromatic N) is 2. The van der Waals surface area contributed by atoms with E-state index in [1.807, 2.05) is 0 Å². The number of likely N-dealkylation sites (tertiary alicyclic amines) is 1. The van der Waals surface area contributed by atoms with Crippen LogP contribution < -0.4 is 9.64 Å². The molecule has 1 aromatic carbocycles. The third kappa shape index (κ3) is 5.65. The van der Waals surface area contributed by atoms with Crippen molar-refractivity contribution < 1.29 is 29.0 Å². The molecule has 0 aliphatic carbocycles. The highest BCUT2D eigenvalue weighted by Crippen LogP contribution is 2.22. The van der Waals surface area contributed by atoms with Gasteiger partial charge in [-0.3, -0.25) is 14.5 Å². The van der Waals surface area contributed by atoms with Crippen LogP contribution in [-0.2, 0) is 14.3 Å². The molecule has 0 atom stereocenters. The van der Waals surface area contributed by atoms with E-state index in [1.165, 1.54) is 0 Å². The summed E-state index contributed by atoms with van der Waals surface area (Å²) in [6.07, 6.45) is 0.270. The summed E-state index contributed by atoms with van der Waals surface area (Å²) in [5.74, 6) is -0.764. The predicted octanol–water partition coefficient (Wildman–Crippen LogP) is 2.12. The summed E-state index contributed by atoms with van der Waals surface area (Å²) in [4.78, 5) is 37.9. The van der Waals surface area contributed by atoms with Crippen molar-refractivity contribution >= 4 is 23.7 Å². The molecule has 2 amide bonds. The van der Waals surface area contributed by atoms with Crippen LogP contribution in [-0.4, -0.2) is 59.8 Å². The predicted molar refractivity (Wildman–Crippen MR) is 94.3 cm³/mol. The molecule has 142 valence electrons. The van der Waals surface area contributed by atoms with Crippen LogP contribution in [0.4, 0.5) is 10.5 Å². The first-order valence-electron chi connectivity index (χ1n) is 8.39. The summed E-state index contributed by atoms with van der Waals surface area (Å²) >= 11 is 0. The van der Waals surface area contributed by atoms with Crippen LogP contribution in [0.15, 0.2) is 24.3 Å². The van der Waals surface area contributed by atoms with E-state index in [9.17, 15) is 14.4 Å². The van der Waals surface area contributed by atoms with Gasteiger partial charge in [-0.1, -0.05) is 0 Å². The number of carboxylic acids is 1. The van der Waals surface area contributed by atoms with Crippen molar-refractivity contribution in [3.8, 4) is 5.75 Å². The standard InChI is InChI=1S/C18H24N2O6/c1-18(2,3)26-17(24)20(11-16(22)23)13-5-7-14(8-6-13)25-12-15(21)19-9-4-10-19/h5-8H,4,9-12H2,1-3H3,(H,22,23). The van der Waals surface area contributed by atoms with Gasteiger partial charge in [0.2, 0.25) is 0 Å². The fourth-order valence-corrected chi connectivity index (χ4v) is 2.24. The van der Waals surface area contributed by atoms with Gasteiger partial charge in [0.05, 0.1) is 0 Å². The molecular formula is C18H24N2O6. The third-order valence-corrected chi connectivity index (χ3v) is 3.63. The molecule has 1 aromatic rings. The minimum atomic E-state index is -1.16. The lowest BCUT2D eigenvalue weighted by Gasteiger charge is -2.30. The van der Waals surface area contributed by atoms with Crippen molar-refractivity contribution in [1.29, 1.82) is 0 Å². The van der Waals surface area contributed by atoms with Crippen LogP contribution in [0.3, 0.4) is 0 Å². The van der Waals surface area contributed by atoms with Gasteiger partial charge >= 0.3 is 12.1 Å². The Morgan fingerprint density at radius 3 is 2.23 bits per heavy atom. The van der Waals surface area contributed by atoms with E-state index >= 15 is 0 Å². The molecule has 0 saturated carbocycles. The highest BCUT2D eigenvalue weighted by Gasteiger charge is 2.25. The smallest absolute Gasteiger partial charge is 0.415 e. The number of hydrogen-bond acceptors (Lipinski definition) is 5. The van der Waals surface area contributed by atoms with Gasteiger partial charge in [0.25, 0.3) is 5.91 Å². The lowest BCUT2D eigenvalue weighted by atomic mass is 10.2. The number of rotatable bonds is 6. The minimum absolute atomic E-state index is 0.0513. The van der Waals surface area contributed by atoms with Gasteiger partial charge in [0, 0.05) is 18.8 Å². The van der Waals surface area contributed by atoms with Crippen LogP contribution in [0.2, 0.25) is 0 Å². The minimum Gasteiger partial charge on any atom is -0.484 e. The van der Waals surface area contributed by atoms with Gasteiger partial charge in [-0.25, -0.2) is 4.79 Å². The molecule has 26 heavy (non-hydrogen) atoms. The molecule has 8 heteroatoms. The van der Waals surface area contributed by atoms with Crippen LogP contribution in [0, 0.1) is 0 Å². The Kier molecular flexibility index (Phi) is 6.07. The monoisotopic (exact) mass is 364 g/mol. The highest BCUT2D eigenvalue weighted by atomic mass is 16.6. The molecule has 0 radical (unpaired) electrons. The zero-order valence-corrected chi connectivity index (χ0v) is 15.2. The fraction of sp³-hybridized carbons (Fsp3) is 0.500. The molecule has 1 N–H and O–H groups in total. The Morgan fingerprint density at radius 1 is 1.15 bits per heavy atom. The average molecular weight is 364 g/mol. The SMILES string of the molecule is CC(C)(C)OC(=O)N(CC(=O)O)c1ccc(OCC(=O)N2CCC2)cc1. The maximum absolute atomic E-state index is 12.3. The molecule has 2 rings (SSSR count). The highest BCUT2D eigenvalue weighted by molar-refractivity contribution is 5.93. The van der Waals surface area contributed by atoms with Gasteiger partial charge in [-0.15, -0.1) is 0 Å². The van der Waals surface area contributed by atoms with Crippen molar-refractivity contribution in [2.75, 3.05) is 31.1 Å². The Labute approximate surface area is 152 Å². The lowest BCUT2D eigenvalue weighted by Crippen LogP contribution is -2.44. The number of ether oxygens (including phenoxy) is 2. The molecule has 1 fully saturated rings. The van der Waals surface area contributed by atoms with E-state index in [1.54, 1.807) is 49.9 Å². The first kappa shape index (κ1) is 19.6. The van der Waals surface area contributed by atoms with E-state index in [-0.39, 0.29) is 12.5 Å². The number of carbonyl (C=O) groups is 3. The van der Waals surface area contributed by atoms with Gasteiger partial charge < -0.3 is 19.5 Å². The Hall–Kier alpha value is -2.77.